The maximum atomic E-state index is 13.0. The Morgan fingerprint density at radius 2 is 1.88 bits per heavy atom. The maximum absolute atomic E-state index is 13.0. The summed E-state index contributed by atoms with van der Waals surface area (Å²) in [6.07, 6.45) is 3.83. The molecule has 1 aliphatic carbocycles. The van der Waals surface area contributed by atoms with Crippen LogP contribution in [0.4, 0.5) is 11.5 Å². The zero-order valence-corrected chi connectivity index (χ0v) is 19.0. The molecule has 1 heterocycles. The zero-order valence-electron chi connectivity index (χ0n) is 18.2. The van der Waals surface area contributed by atoms with Crippen LogP contribution in [-0.4, -0.2) is 41.0 Å². The number of hydrogen-bond acceptors (Lipinski definition) is 6. The Labute approximate surface area is 196 Å². The van der Waals surface area contributed by atoms with Crippen molar-refractivity contribution in [1.29, 1.82) is 0 Å². The van der Waals surface area contributed by atoms with Gasteiger partial charge in [-0.15, -0.1) is 0 Å². The number of rotatable bonds is 6. The minimum atomic E-state index is -0.426. The molecular weight excluding hydrogens is 442 g/mol. The Morgan fingerprint density at radius 3 is 2.61 bits per heavy atom. The first-order valence-electron chi connectivity index (χ1n) is 10.7. The first kappa shape index (κ1) is 22.6. The summed E-state index contributed by atoms with van der Waals surface area (Å²) in [5.74, 6) is 0.886. The molecule has 0 radical (unpaired) electrons. The molecule has 0 saturated heterocycles. The number of aromatic nitrogens is 2. The highest BCUT2D eigenvalue weighted by atomic mass is 35.5. The van der Waals surface area contributed by atoms with Gasteiger partial charge < -0.3 is 26.8 Å². The molecule has 0 bridgehead atoms. The lowest BCUT2D eigenvalue weighted by molar-refractivity contribution is 0.101. The third kappa shape index (κ3) is 5.43. The second-order valence-electron chi connectivity index (χ2n) is 7.90. The molecule has 9 nitrogen and oxygen atoms in total. The maximum Gasteiger partial charge on any atom is 0.293 e. The Kier molecular flexibility index (Phi) is 6.79. The van der Waals surface area contributed by atoms with E-state index in [4.69, 9.17) is 27.8 Å². The molecule has 0 spiro atoms. The monoisotopic (exact) mass is 467 g/mol. The third-order valence-electron chi connectivity index (χ3n) is 5.58. The smallest absolute Gasteiger partial charge is 0.293 e. The summed E-state index contributed by atoms with van der Waals surface area (Å²) in [6, 6.07) is 12.2. The molecule has 33 heavy (non-hydrogen) atoms. The number of halogens is 1. The van der Waals surface area contributed by atoms with E-state index in [1.807, 2.05) is 0 Å². The van der Waals surface area contributed by atoms with Crippen LogP contribution < -0.4 is 26.8 Å². The first-order chi connectivity index (χ1) is 15.9. The largest absolute Gasteiger partial charge is 0.497 e. The number of carbonyl (C=O) groups is 1. The van der Waals surface area contributed by atoms with Gasteiger partial charge in [-0.2, -0.15) is 0 Å². The molecule has 1 aromatic heterocycles. The number of amides is 1. The lowest BCUT2D eigenvalue weighted by Gasteiger charge is -2.30. The van der Waals surface area contributed by atoms with Crippen LogP contribution in [-0.2, 0) is 0 Å². The average Bonchev–Trinajstić information content (AvgIpc) is 2.80. The summed E-state index contributed by atoms with van der Waals surface area (Å²) in [4.78, 5) is 26.4. The highest BCUT2D eigenvalue weighted by molar-refractivity contribution is 6.31. The van der Waals surface area contributed by atoms with Crippen molar-refractivity contribution in [1.82, 2.24) is 9.97 Å². The number of nitrogens with one attached hydrogen (secondary N) is 2. The van der Waals surface area contributed by atoms with Crippen LogP contribution in [0.1, 0.15) is 36.3 Å². The summed E-state index contributed by atoms with van der Waals surface area (Å²) < 4.78 is 5.16. The van der Waals surface area contributed by atoms with Gasteiger partial charge in [0.1, 0.15) is 11.6 Å². The minimum absolute atomic E-state index is 0.0320. The van der Waals surface area contributed by atoms with E-state index < -0.39 is 5.91 Å². The van der Waals surface area contributed by atoms with Crippen molar-refractivity contribution in [3.8, 4) is 5.75 Å². The minimum Gasteiger partial charge on any atom is -0.497 e. The molecular formula is C23H26ClN7O2. The molecule has 0 unspecified atom stereocenters. The number of benzene rings is 2. The van der Waals surface area contributed by atoms with Gasteiger partial charge in [-0.05, 0) is 55.3 Å². The number of nitrogens with zero attached hydrogens (tertiary/aromatic N) is 3. The molecule has 172 valence electrons. The van der Waals surface area contributed by atoms with Crippen LogP contribution in [0.25, 0.3) is 10.9 Å². The number of carbonyl (C=O) groups excluding carboxylic acids is 1. The predicted molar refractivity (Wildman–Crippen MR) is 131 cm³/mol. The second kappa shape index (κ2) is 9.91. The Morgan fingerprint density at radius 1 is 1.12 bits per heavy atom. The lowest BCUT2D eigenvalue weighted by Crippen LogP contribution is -2.38. The van der Waals surface area contributed by atoms with Crippen molar-refractivity contribution < 1.29 is 9.53 Å². The van der Waals surface area contributed by atoms with Crippen LogP contribution in [0.3, 0.4) is 0 Å². The van der Waals surface area contributed by atoms with Gasteiger partial charge in [0, 0.05) is 16.1 Å². The number of ether oxygens (including phenoxy) is 1. The topological polar surface area (TPSA) is 141 Å². The van der Waals surface area contributed by atoms with Gasteiger partial charge in [-0.3, -0.25) is 4.79 Å². The van der Waals surface area contributed by atoms with Crippen LogP contribution >= 0.6 is 11.6 Å². The van der Waals surface area contributed by atoms with Crippen molar-refractivity contribution in [3.05, 3.63) is 53.3 Å². The van der Waals surface area contributed by atoms with E-state index in [-0.39, 0.29) is 23.9 Å². The van der Waals surface area contributed by atoms with E-state index in [1.165, 1.54) is 0 Å². The van der Waals surface area contributed by atoms with Gasteiger partial charge in [-0.1, -0.05) is 24.4 Å². The van der Waals surface area contributed by atoms with E-state index in [0.717, 1.165) is 31.1 Å². The third-order valence-corrected chi connectivity index (χ3v) is 5.81. The van der Waals surface area contributed by atoms with E-state index in [0.29, 0.717) is 27.8 Å². The van der Waals surface area contributed by atoms with Crippen LogP contribution in [0.2, 0.25) is 5.02 Å². The number of anilines is 2. The molecule has 3 aromatic rings. The fraction of sp³-hybridized carbons (Fsp3) is 0.304. The highest BCUT2D eigenvalue weighted by Gasteiger charge is 2.26. The molecule has 1 aliphatic rings. The summed E-state index contributed by atoms with van der Waals surface area (Å²) in [6.45, 7) is 0. The highest BCUT2D eigenvalue weighted by Crippen LogP contribution is 2.29. The molecule has 1 amide bonds. The number of methoxy groups -OCH3 is 1. The zero-order chi connectivity index (χ0) is 23.4. The number of hydrogen-bond donors (Lipinski definition) is 4. The number of aliphatic imine (C=N–C) groups is 1. The Bertz CT molecular complexity index is 1180. The fourth-order valence-electron chi connectivity index (χ4n) is 3.97. The summed E-state index contributed by atoms with van der Waals surface area (Å²) in [5, 5.41) is 7.55. The van der Waals surface area contributed by atoms with Gasteiger partial charge >= 0.3 is 0 Å². The summed E-state index contributed by atoms with van der Waals surface area (Å²) in [7, 11) is 1.58. The van der Waals surface area contributed by atoms with Crippen molar-refractivity contribution >= 4 is 45.9 Å². The molecule has 10 heteroatoms. The first-order valence-corrected chi connectivity index (χ1v) is 11.1. The van der Waals surface area contributed by atoms with E-state index in [2.05, 4.69) is 25.6 Å². The normalized spacial score (nSPS) is 17.9. The van der Waals surface area contributed by atoms with Crippen molar-refractivity contribution in [2.24, 2.45) is 16.5 Å². The lowest BCUT2D eigenvalue weighted by atomic mass is 9.90. The number of guanidine groups is 1. The van der Waals surface area contributed by atoms with Crippen LogP contribution in [0.5, 0.6) is 5.75 Å². The van der Waals surface area contributed by atoms with Crippen LogP contribution in [0.15, 0.2) is 47.5 Å². The Balaban J connectivity index is 1.66. The molecule has 2 atom stereocenters. The molecule has 2 aromatic carbocycles. The average molecular weight is 468 g/mol. The second-order valence-corrected chi connectivity index (χ2v) is 8.33. The van der Waals surface area contributed by atoms with Crippen molar-refractivity contribution in [2.75, 3.05) is 17.7 Å². The standard InChI is InChI=1S/C23H26ClN7O2/c1-33-15-9-7-14(8-10-15)27-22(32)21-28-17-11-6-13(24)12-16(17)20(31-21)29-18-4-2-3-5-19(18)30-23(25)26/h6-12,18-19H,2-5H2,1H3,(H,27,32)(H4,25,26,30)(H,28,29,31)/t18-,19+/m0/s1. The van der Waals surface area contributed by atoms with Crippen LogP contribution in [0, 0.1) is 0 Å². The van der Waals surface area contributed by atoms with E-state index in [1.54, 1.807) is 49.6 Å². The Hall–Kier alpha value is -3.59. The number of fused-ring (bicyclic) bond motifs is 1. The molecule has 6 N–H and O–H groups in total. The van der Waals surface area contributed by atoms with E-state index >= 15 is 0 Å². The quantitative estimate of drug-likeness (QED) is 0.321. The SMILES string of the molecule is COc1ccc(NC(=O)c2nc(N[C@H]3CCCC[C@H]3N=C(N)N)c3cc(Cl)ccc3n2)cc1. The molecule has 0 aliphatic heterocycles. The van der Waals surface area contributed by atoms with E-state index in [9.17, 15) is 4.79 Å². The van der Waals surface area contributed by atoms with Gasteiger partial charge in [-0.25, -0.2) is 15.0 Å². The number of nitrogens with two attached hydrogens (primary N) is 2. The van der Waals surface area contributed by atoms with Gasteiger partial charge in [0.15, 0.2) is 5.96 Å². The fourth-order valence-corrected chi connectivity index (χ4v) is 4.15. The molecule has 1 saturated carbocycles. The predicted octanol–water partition coefficient (Wildman–Crippen LogP) is 3.54. The van der Waals surface area contributed by atoms with Gasteiger partial charge in [0.2, 0.25) is 5.82 Å². The van der Waals surface area contributed by atoms with Crippen molar-refractivity contribution in [3.63, 3.8) is 0 Å². The molecule has 1 fully saturated rings. The van der Waals surface area contributed by atoms with Gasteiger partial charge in [0.25, 0.3) is 5.91 Å². The van der Waals surface area contributed by atoms with Crippen molar-refractivity contribution in [2.45, 2.75) is 37.8 Å². The summed E-state index contributed by atoms with van der Waals surface area (Å²) in [5.41, 5.74) is 12.5. The van der Waals surface area contributed by atoms with Gasteiger partial charge in [0.05, 0.1) is 24.7 Å². The molecule has 4 rings (SSSR count). The summed E-state index contributed by atoms with van der Waals surface area (Å²) >= 11 is 6.24.